The summed E-state index contributed by atoms with van der Waals surface area (Å²) in [5.41, 5.74) is 0. The quantitative estimate of drug-likeness (QED) is 0.549. The molecule has 3 heteroatoms. The van der Waals surface area contributed by atoms with Crippen LogP contribution in [-0.4, -0.2) is 6.61 Å². The van der Waals surface area contributed by atoms with E-state index < -0.39 is 6.61 Å². The second kappa shape index (κ2) is 5.59. The van der Waals surface area contributed by atoms with Crippen LogP contribution in [0.4, 0.5) is 8.78 Å². The standard InChI is InChI=1S/C7H13F2O/c1-6(2)4-3-5-10-7(8)9/h6H,3-5H2,1-2H3. The van der Waals surface area contributed by atoms with E-state index in [0.717, 1.165) is 6.42 Å². The van der Waals surface area contributed by atoms with Gasteiger partial charge in [-0.15, -0.1) is 0 Å². The molecule has 0 aliphatic carbocycles. The molecule has 0 amide bonds. The van der Waals surface area contributed by atoms with Gasteiger partial charge in [-0.3, -0.25) is 0 Å². The number of ether oxygens (including phenoxy) is 1. The summed E-state index contributed by atoms with van der Waals surface area (Å²) in [5.74, 6) is 0.561. The third kappa shape index (κ3) is 7.82. The lowest BCUT2D eigenvalue weighted by molar-refractivity contribution is -0.0212. The molecule has 61 valence electrons. The summed E-state index contributed by atoms with van der Waals surface area (Å²) >= 11 is 0. The minimum absolute atomic E-state index is 0.139. The normalized spacial score (nSPS) is 11.4. The van der Waals surface area contributed by atoms with Crippen LogP contribution in [0, 0.1) is 12.5 Å². The zero-order valence-corrected chi connectivity index (χ0v) is 6.36. The van der Waals surface area contributed by atoms with Crippen LogP contribution in [0.2, 0.25) is 0 Å². The van der Waals surface area contributed by atoms with Gasteiger partial charge >= 0.3 is 6.61 Å². The molecule has 1 radical (unpaired) electrons. The van der Waals surface area contributed by atoms with Gasteiger partial charge in [0.15, 0.2) is 0 Å². The molecule has 0 aliphatic heterocycles. The topological polar surface area (TPSA) is 9.23 Å². The van der Waals surface area contributed by atoms with Crippen molar-refractivity contribution in [2.45, 2.75) is 26.7 Å². The third-order valence-corrected chi connectivity index (χ3v) is 1.14. The lowest BCUT2D eigenvalue weighted by atomic mass is 10.1. The van der Waals surface area contributed by atoms with Gasteiger partial charge in [-0.2, -0.15) is 8.78 Å². The second-order valence-electron chi connectivity index (χ2n) is 2.61. The van der Waals surface area contributed by atoms with Crippen molar-refractivity contribution in [2.75, 3.05) is 6.61 Å². The molecule has 0 aromatic rings. The first-order valence-corrected chi connectivity index (χ1v) is 3.43. The molecular weight excluding hydrogens is 138 g/mol. The molecular formula is C7H13F2O. The fourth-order valence-electron chi connectivity index (χ4n) is 0.641. The monoisotopic (exact) mass is 151 g/mol. The van der Waals surface area contributed by atoms with E-state index in [2.05, 4.69) is 18.6 Å². The molecule has 0 aliphatic rings. The van der Waals surface area contributed by atoms with E-state index in [0.29, 0.717) is 12.3 Å². The van der Waals surface area contributed by atoms with Crippen molar-refractivity contribution in [1.29, 1.82) is 0 Å². The van der Waals surface area contributed by atoms with E-state index in [1.165, 1.54) is 0 Å². The third-order valence-electron chi connectivity index (χ3n) is 1.14. The van der Waals surface area contributed by atoms with Crippen molar-refractivity contribution in [3.8, 4) is 0 Å². The van der Waals surface area contributed by atoms with Crippen molar-refractivity contribution in [3.05, 3.63) is 6.61 Å². The van der Waals surface area contributed by atoms with Gasteiger partial charge < -0.3 is 4.74 Å². The predicted octanol–water partition coefficient (Wildman–Crippen LogP) is 2.83. The molecule has 0 spiro atoms. The Bertz CT molecular complexity index is 64.0. The van der Waals surface area contributed by atoms with E-state index >= 15 is 0 Å². The molecule has 0 N–H and O–H groups in total. The minimum Gasteiger partial charge on any atom is -0.313 e. The first-order valence-electron chi connectivity index (χ1n) is 3.43. The van der Waals surface area contributed by atoms with Crippen LogP contribution in [0.25, 0.3) is 0 Å². The summed E-state index contributed by atoms with van der Waals surface area (Å²) in [6.07, 6.45) is 1.64. The molecule has 10 heavy (non-hydrogen) atoms. The molecule has 0 saturated carbocycles. The Labute approximate surface area is 60.4 Å². The number of halogens is 2. The molecule has 1 nitrogen and oxygen atoms in total. The predicted molar refractivity (Wildman–Crippen MR) is 35.5 cm³/mol. The smallest absolute Gasteiger partial charge is 0.313 e. The van der Waals surface area contributed by atoms with Gasteiger partial charge in [0, 0.05) is 0 Å². The molecule has 0 aromatic heterocycles. The van der Waals surface area contributed by atoms with Crippen molar-refractivity contribution in [2.24, 2.45) is 5.92 Å². The lowest BCUT2D eigenvalue weighted by Gasteiger charge is -2.03. The molecule has 0 bridgehead atoms. The van der Waals surface area contributed by atoms with Gasteiger partial charge in [-0.05, 0) is 18.8 Å². The highest BCUT2D eigenvalue weighted by Gasteiger charge is 2.04. The van der Waals surface area contributed by atoms with E-state index in [9.17, 15) is 8.78 Å². The maximum atomic E-state index is 11.3. The fourth-order valence-corrected chi connectivity index (χ4v) is 0.641. The molecule has 0 fully saturated rings. The Kier molecular flexibility index (Phi) is 5.49. The minimum atomic E-state index is -1.93. The highest BCUT2D eigenvalue weighted by atomic mass is 19.3. The Morgan fingerprint density at radius 3 is 2.40 bits per heavy atom. The number of hydrogen-bond donors (Lipinski definition) is 0. The van der Waals surface area contributed by atoms with Crippen molar-refractivity contribution < 1.29 is 13.5 Å². The highest BCUT2D eigenvalue weighted by molar-refractivity contribution is 4.46. The fraction of sp³-hybridized carbons (Fsp3) is 0.857. The van der Waals surface area contributed by atoms with Crippen LogP contribution in [0.5, 0.6) is 0 Å². The van der Waals surface area contributed by atoms with Crippen LogP contribution in [0.1, 0.15) is 26.7 Å². The molecule has 0 atom stereocenters. The molecule has 0 saturated heterocycles. The second-order valence-corrected chi connectivity index (χ2v) is 2.61. The van der Waals surface area contributed by atoms with Crippen molar-refractivity contribution in [1.82, 2.24) is 0 Å². The maximum absolute atomic E-state index is 11.3. The summed E-state index contributed by atoms with van der Waals surface area (Å²) in [6, 6.07) is 0. The summed E-state index contributed by atoms with van der Waals surface area (Å²) in [4.78, 5) is 0. The van der Waals surface area contributed by atoms with Crippen LogP contribution < -0.4 is 0 Å². The Hall–Kier alpha value is -0.180. The van der Waals surface area contributed by atoms with Gasteiger partial charge in [0.25, 0.3) is 0 Å². The SMILES string of the molecule is CC(C)CCCO[C](F)F. The van der Waals surface area contributed by atoms with E-state index in [1.807, 2.05) is 0 Å². The van der Waals surface area contributed by atoms with Crippen LogP contribution >= 0.6 is 0 Å². The molecule has 0 aromatic carbocycles. The summed E-state index contributed by atoms with van der Waals surface area (Å²) in [6.45, 7) is 2.31. The number of rotatable bonds is 5. The average molecular weight is 151 g/mol. The van der Waals surface area contributed by atoms with Gasteiger partial charge in [-0.25, -0.2) is 0 Å². The van der Waals surface area contributed by atoms with Gasteiger partial charge in [0.1, 0.15) is 0 Å². The van der Waals surface area contributed by atoms with Crippen LogP contribution in [-0.2, 0) is 4.74 Å². The van der Waals surface area contributed by atoms with Gasteiger partial charge in [0.2, 0.25) is 0 Å². The zero-order chi connectivity index (χ0) is 7.98. The van der Waals surface area contributed by atoms with Crippen LogP contribution in [0.3, 0.4) is 0 Å². The van der Waals surface area contributed by atoms with Crippen molar-refractivity contribution in [3.63, 3.8) is 0 Å². The summed E-state index contributed by atoms with van der Waals surface area (Å²) in [5, 5.41) is 0. The Morgan fingerprint density at radius 1 is 1.40 bits per heavy atom. The van der Waals surface area contributed by atoms with Gasteiger partial charge in [-0.1, -0.05) is 13.8 Å². The van der Waals surface area contributed by atoms with Crippen LogP contribution in [0.15, 0.2) is 0 Å². The summed E-state index contributed by atoms with van der Waals surface area (Å²) in [7, 11) is 0. The molecule has 0 unspecified atom stereocenters. The zero-order valence-electron chi connectivity index (χ0n) is 6.36. The first kappa shape index (κ1) is 9.82. The Morgan fingerprint density at radius 2 is 2.00 bits per heavy atom. The van der Waals surface area contributed by atoms with Gasteiger partial charge in [0.05, 0.1) is 6.61 Å². The summed E-state index contributed by atoms with van der Waals surface area (Å²) < 4.78 is 26.5. The Balaban J connectivity index is 2.91. The highest BCUT2D eigenvalue weighted by Crippen LogP contribution is 2.08. The van der Waals surface area contributed by atoms with E-state index in [-0.39, 0.29) is 6.61 Å². The average Bonchev–Trinajstić information content (AvgIpc) is 1.79. The van der Waals surface area contributed by atoms with E-state index in [1.54, 1.807) is 0 Å². The van der Waals surface area contributed by atoms with E-state index in [4.69, 9.17) is 0 Å². The lowest BCUT2D eigenvalue weighted by Crippen LogP contribution is -1.96. The largest absolute Gasteiger partial charge is 0.448 e. The maximum Gasteiger partial charge on any atom is 0.448 e. The van der Waals surface area contributed by atoms with Crippen molar-refractivity contribution >= 4 is 0 Å². The molecule has 0 rings (SSSR count). The molecule has 0 heterocycles. The number of hydrogen-bond acceptors (Lipinski definition) is 1. The first-order chi connectivity index (χ1) is 4.63.